The molecular formula is C24H18ClFN2O4. The van der Waals surface area contributed by atoms with E-state index < -0.39 is 17.6 Å². The fraction of sp³-hybridized carbons (Fsp3) is 0.0833. The molecule has 0 aliphatic carbocycles. The molecule has 0 radical (unpaired) electrons. The fourth-order valence-corrected chi connectivity index (χ4v) is 3.56. The van der Waals surface area contributed by atoms with Crippen molar-refractivity contribution in [3.05, 3.63) is 88.8 Å². The van der Waals surface area contributed by atoms with Gasteiger partial charge in [-0.05, 0) is 48.0 Å². The maximum absolute atomic E-state index is 13.8. The van der Waals surface area contributed by atoms with Crippen molar-refractivity contribution in [2.24, 2.45) is 0 Å². The van der Waals surface area contributed by atoms with Gasteiger partial charge in [-0.3, -0.25) is 9.59 Å². The van der Waals surface area contributed by atoms with Gasteiger partial charge in [0.1, 0.15) is 11.5 Å². The van der Waals surface area contributed by atoms with Gasteiger partial charge in [0.2, 0.25) is 0 Å². The highest BCUT2D eigenvalue weighted by molar-refractivity contribution is 6.46. The largest absolute Gasteiger partial charge is 0.493 e. The second-order valence-corrected chi connectivity index (χ2v) is 7.31. The highest BCUT2D eigenvalue weighted by Gasteiger charge is 2.40. The fourth-order valence-electron chi connectivity index (χ4n) is 3.44. The number of methoxy groups -OCH3 is 2. The minimum absolute atomic E-state index is 0.0498. The molecule has 3 aromatic rings. The van der Waals surface area contributed by atoms with Crippen molar-refractivity contribution < 1.29 is 23.5 Å². The predicted molar refractivity (Wildman–Crippen MR) is 120 cm³/mol. The number of nitrogens with one attached hydrogen (secondary N) is 1. The topological polar surface area (TPSA) is 67.9 Å². The number of rotatable bonds is 6. The normalized spacial score (nSPS) is 13.6. The molecule has 0 bridgehead atoms. The first kappa shape index (κ1) is 21.4. The molecule has 1 aliphatic rings. The van der Waals surface area contributed by atoms with Crippen LogP contribution >= 0.6 is 11.6 Å². The molecule has 0 saturated carbocycles. The zero-order chi connectivity index (χ0) is 22.8. The first-order chi connectivity index (χ1) is 15.4. The van der Waals surface area contributed by atoms with Gasteiger partial charge < -0.3 is 14.8 Å². The van der Waals surface area contributed by atoms with Crippen molar-refractivity contribution in [3.8, 4) is 11.5 Å². The molecule has 8 heteroatoms. The summed E-state index contributed by atoms with van der Waals surface area (Å²) in [5.41, 5.74) is 1.33. The van der Waals surface area contributed by atoms with Gasteiger partial charge in [0.25, 0.3) is 11.8 Å². The van der Waals surface area contributed by atoms with Crippen molar-refractivity contribution in [3.63, 3.8) is 0 Å². The minimum Gasteiger partial charge on any atom is -0.493 e. The van der Waals surface area contributed by atoms with Crippen LogP contribution in [0.3, 0.4) is 0 Å². The molecular weight excluding hydrogens is 435 g/mol. The molecule has 0 fully saturated rings. The van der Waals surface area contributed by atoms with Crippen LogP contribution in [-0.4, -0.2) is 26.0 Å². The summed E-state index contributed by atoms with van der Waals surface area (Å²) in [6.45, 7) is 0. The monoisotopic (exact) mass is 452 g/mol. The summed E-state index contributed by atoms with van der Waals surface area (Å²) in [7, 11) is 3.01. The highest BCUT2D eigenvalue weighted by atomic mass is 35.5. The number of nitrogens with zero attached hydrogens (tertiary/aromatic N) is 1. The van der Waals surface area contributed by atoms with Gasteiger partial charge in [0.05, 0.1) is 25.5 Å². The van der Waals surface area contributed by atoms with Crippen LogP contribution < -0.4 is 19.7 Å². The summed E-state index contributed by atoms with van der Waals surface area (Å²) in [4.78, 5) is 27.6. The standard InChI is InChI=1S/C24H18ClFN2O4/c1-31-19-11-10-17(13-20(19)32-2)27-22-21(14-6-8-15(25)9-7-14)23(29)28(24(22)30)18-5-3-4-16(26)12-18/h3-13,27H,1-2H3. The molecule has 2 amide bonds. The first-order valence-corrected chi connectivity index (χ1v) is 9.94. The molecule has 0 atom stereocenters. The summed E-state index contributed by atoms with van der Waals surface area (Å²) >= 11 is 5.99. The number of anilines is 2. The van der Waals surface area contributed by atoms with Gasteiger partial charge in [-0.2, -0.15) is 0 Å². The average molecular weight is 453 g/mol. The van der Waals surface area contributed by atoms with Crippen molar-refractivity contribution in [1.29, 1.82) is 0 Å². The zero-order valence-corrected chi connectivity index (χ0v) is 17.9. The SMILES string of the molecule is COc1ccc(NC2=C(c3ccc(Cl)cc3)C(=O)N(c3cccc(F)c3)C2=O)cc1OC. The summed E-state index contributed by atoms with van der Waals surface area (Å²) in [6.07, 6.45) is 0. The number of benzene rings is 3. The molecule has 0 unspecified atom stereocenters. The quantitative estimate of drug-likeness (QED) is 0.539. The van der Waals surface area contributed by atoms with E-state index in [0.717, 1.165) is 11.0 Å². The van der Waals surface area contributed by atoms with E-state index in [1.54, 1.807) is 42.5 Å². The molecule has 32 heavy (non-hydrogen) atoms. The lowest BCUT2D eigenvalue weighted by Gasteiger charge is -2.15. The summed E-state index contributed by atoms with van der Waals surface area (Å²) in [5.74, 6) is -0.784. The molecule has 3 aromatic carbocycles. The van der Waals surface area contributed by atoms with Crippen molar-refractivity contribution in [1.82, 2.24) is 0 Å². The van der Waals surface area contributed by atoms with Gasteiger partial charge in [-0.25, -0.2) is 9.29 Å². The summed E-state index contributed by atoms with van der Waals surface area (Å²) < 4.78 is 24.4. The van der Waals surface area contributed by atoms with Crippen LogP contribution in [0.1, 0.15) is 5.56 Å². The number of hydrogen-bond donors (Lipinski definition) is 1. The van der Waals surface area contributed by atoms with Gasteiger partial charge in [0.15, 0.2) is 11.5 Å². The molecule has 0 spiro atoms. The molecule has 0 saturated heterocycles. The highest BCUT2D eigenvalue weighted by Crippen LogP contribution is 2.36. The number of halogens is 2. The third kappa shape index (κ3) is 3.90. The average Bonchev–Trinajstić information content (AvgIpc) is 3.03. The lowest BCUT2D eigenvalue weighted by Crippen LogP contribution is -2.32. The number of imide groups is 1. The minimum atomic E-state index is -0.611. The smallest absolute Gasteiger partial charge is 0.282 e. The van der Waals surface area contributed by atoms with E-state index in [2.05, 4.69) is 5.32 Å². The van der Waals surface area contributed by atoms with Crippen molar-refractivity contribution >= 4 is 40.4 Å². The van der Waals surface area contributed by atoms with Crippen molar-refractivity contribution in [2.75, 3.05) is 24.4 Å². The van der Waals surface area contributed by atoms with Crippen LogP contribution in [0.2, 0.25) is 5.02 Å². The van der Waals surface area contributed by atoms with Gasteiger partial charge in [-0.1, -0.05) is 29.8 Å². The van der Waals surface area contributed by atoms with Crippen LogP contribution in [0.4, 0.5) is 15.8 Å². The van der Waals surface area contributed by atoms with Gasteiger partial charge >= 0.3 is 0 Å². The molecule has 1 heterocycles. The van der Waals surface area contributed by atoms with E-state index in [1.807, 2.05) is 0 Å². The van der Waals surface area contributed by atoms with E-state index in [0.29, 0.717) is 27.8 Å². The summed E-state index contributed by atoms with van der Waals surface area (Å²) in [6, 6.07) is 16.9. The number of amides is 2. The Bertz CT molecular complexity index is 1240. The number of carbonyl (C=O) groups excluding carboxylic acids is 2. The Labute approximate surface area is 188 Å². The molecule has 4 rings (SSSR count). The maximum atomic E-state index is 13.8. The van der Waals surface area contributed by atoms with Crippen molar-refractivity contribution in [2.45, 2.75) is 0 Å². The Morgan fingerprint density at radius 3 is 2.25 bits per heavy atom. The zero-order valence-electron chi connectivity index (χ0n) is 17.2. The second-order valence-electron chi connectivity index (χ2n) is 6.88. The van der Waals surface area contributed by atoms with Crippen LogP contribution in [-0.2, 0) is 9.59 Å². The van der Waals surface area contributed by atoms with Crippen LogP contribution in [0.5, 0.6) is 11.5 Å². The van der Waals surface area contributed by atoms with E-state index in [1.165, 1.54) is 32.4 Å². The van der Waals surface area contributed by atoms with E-state index in [9.17, 15) is 14.0 Å². The van der Waals surface area contributed by atoms with Crippen LogP contribution in [0, 0.1) is 5.82 Å². The number of carbonyl (C=O) groups is 2. The van der Waals surface area contributed by atoms with E-state index >= 15 is 0 Å². The van der Waals surface area contributed by atoms with E-state index in [-0.39, 0.29) is 17.0 Å². The Morgan fingerprint density at radius 1 is 0.875 bits per heavy atom. The third-order valence-corrected chi connectivity index (χ3v) is 5.19. The number of hydrogen-bond acceptors (Lipinski definition) is 5. The second kappa shape index (κ2) is 8.72. The maximum Gasteiger partial charge on any atom is 0.282 e. The Hall–Kier alpha value is -3.84. The molecule has 6 nitrogen and oxygen atoms in total. The Morgan fingerprint density at radius 2 is 1.59 bits per heavy atom. The first-order valence-electron chi connectivity index (χ1n) is 9.56. The Kier molecular flexibility index (Phi) is 5.83. The lowest BCUT2D eigenvalue weighted by molar-refractivity contribution is -0.120. The number of ether oxygens (including phenoxy) is 2. The van der Waals surface area contributed by atoms with Crippen LogP contribution in [0.25, 0.3) is 5.57 Å². The molecule has 162 valence electrons. The van der Waals surface area contributed by atoms with E-state index in [4.69, 9.17) is 21.1 Å². The predicted octanol–water partition coefficient (Wildman–Crippen LogP) is 4.89. The summed E-state index contributed by atoms with van der Waals surface area (Å²) in [5, 5.41) is 3.52. The third-order valence-electron chi connectivity index (χ3n) is 4.94. The van der Waals surface area contributed by atoms with Crippen LogP contribution in [0.15, 0.2) is 72.4 Å². The molecule has 1 aliphatic heterocycles. The lowest BCUT2D eigenvalue weighted by atomic mass is 10.0. The Balaban J connectivity index is 1.81. The molecule has 1 N–H and O–H groups in total. The van der Waals surface area contributed by atoms with Gasteiger partial charge in [-0.15, -0.1) is 0 Å². The molecule has 0 aromatic heterocycles. The van der Waals surface area contributed by atoms with Gasteiger partial charge in [0, 0.05) is 16.8 Å².